The van der Waals surface area contributed by atoms with Crippen molar-refractivity contribution < 1.29 is 9.47 Å². The monoisotopic (exact) mass is 220 g/mol. The van der Waals surface area contributed by atoms with E-state index in [-0.39, 0.29) is 12.2 Å². The number of ether oxygens (including phenoxy) is 2. The molecular weight excluding hydrogens is 200 g/mol. The lowest BCUT2D eigenvalue weighted by Gasteiger charge is -2.23. The Morgan fingerprint density at radius 3 is 2.19 bits per heavy atom. The van der Waals surface area contributed by atoms with Crippen LogP contribution in [-0.2, 0) is 15.9 Å². The van der Waals surface area contributed by atoms with Crippen LogP contribution in [0.5, 0.6) is 0 Å². The fourth-order valence-electron chi connectivity index (χ4n) is 2.14. The van der Waals surface area contributed by atoms with Crippen molar-refractivity contribution in [2.45, 2.75) is 51.6 Å². The van der Waals surface area contributed by atoms with E-state index in [1.165, 1.54) is 5.56 Å². The van der Waals surface area contributed by atoms with E-state index in [1.54, 1.807) is 0 Å². The van der Waals surface area contributed by atoms with Gasteiger partial charge in [0.2, 0.25) is 0 Å². The van der Waals surface area contributed by atoms with E-state index in [9.17, 15) is 0 Å². The van der Waals surface area contributed by atoms with E-state index in [0.717, 1.165) is 12.8 Å². The van der Waals surface area contributed by atoms with Gasteiger partial charge in [0.25, 0.3) is 0 Å². The molecule has 1 heterocycles. The zero-order chi connectivity index (χ0) is 11.6. The van der Waals surface area contributed by atoms with E-state index in [1.807, 2.05) is 13.0 Å². The molecule has 0 aliphatic carbocycles. The zero-order valence-corrected chi connectivity index (χ0v) is 10.3. The highest BCUT2D eigenvalue weighted by Crippen LogP contribution is 2.31. The Morgan fingerprint density at radius 2 is 1.62 bits per heavy atom. The van der Waals surface area contributed by atoms with Gasteiger partial charge >= 0.3 is 0 Å². The van der Waals surface area contributed by atoms with Crippen molar-refractivity contribution in [3.8, 4) is 0 Å². The molecule has 0 unspecified atom stereocenters. The summed E-state index contributed by atoms with van der Waals surface area (Å²) in [6.45, 7) is 6.17. The van der Waals surface area contributed by atoms with Crippen molar-refractivity contribution in [2.75, 3.05) is 0 Å². The van der Waals surface area contributed by atoms with Crippen molar-refractivity contribution in [1.82, 2.24) is 0 Å². The van der Waals surface area contributed by atoms with Crippen LogP contribution in [-0.4, -0.2) is 18.0 Å². The Balaban J connectivity index is 1.91. The molecule has 1 aliphatic heterocycles. The van der Waals surface area contributed by atoms with Crippen LogP contribution in [0.25, 0.3) is 0 Å². The standard InChI is InChI=1S/C14H20O2/c1-11-12(2)16-14(3,15-11)10-9-13-7-5-4-6-8-13/h4-8,11-12H,9-10H2,1-3H3/t11-,12-/m1/s1. The summed E-state index contributed by atoms with van der Waals surface area (Å²) < 4.78 is 11.7. The van der Waals surface area contributed by atoms with Crippen LogP contribution in [0.4, 0.5) is 0 Å². The summed E-state index contributed by atoms with van der Waals surface area (Å²) in [6, 6.07) is 10.5. The first-order valence-corrected chi connectivity index (χ1v) is 5.99. The first-order chi connectivity index (χ1) is 7.59. The van der Waals surface area contributed by atoms with E-state index in [0.29, 0.717) is 0 Å². The highest BCUT2D eigenvalue weighted by Gasteiger charge is 2.39. The van der Waals surface area contributed by atoms with Gasteiger partial charge in [-0.3, -0.25) is 0 Å². The third-order valence-electron chi connectivity index (χ3n) is 3.24. The molecule has 0 bridgehead atoms. The van der Waals surface area contributed by atoms with Gasteiger partial charge in [-0.1, -0.05) is 30.3 Å². The Kier molecular flexibility index (Phi) is 3.31. The summed E-state index contributed by atoms with van der Waals surface area (Å²) in [5, 5.41) is 0. The first-order valence-electron chi connectivity index (χ1n) is 5.99. The Bertz CT molecular complexity index is 324. The van der Waals surface area contributed by atoms with E-state index < -0.39 is 5.79 Å². The quantitative estimate of drug-likeness (QED) is 0.779. The maximum atomic E-state index is 5.86. The molecule has 88 valence electrons. The van der Waals surface area contributed by atoms with E-state index >= 15 is 0 Å². The Morgan fingerprint density at radius 1 is 1.06 bits per heavy atom. The lowest BCUT2D eigenvalue weighted by atomic mass is 10.1. The molecule has 2 atom stereocenters. The predicted octanol–water partition coefficient (Wildman–Crippen LogP) is 3.16. The fraction of sp³-hybridized carbons (Fsp3) is 0.571. The number of hydrogen-bond acceptors (Lipinski definition) is 2. The first kappa shape index (κ1) is 11.6. The molecule has 1 saturated heterocycles. The smallest absolute Gasteiger partial charge is 0.166 e. The summed E-state index contributed by atoms with van der Waals surface area (Å²) in [5.74, 6) is -0.408. The minimum absolute atomic E-state index is 0.195. The van der Waals surface area contributed by atoms with Crippen LogP contribution in [0.2, 0.25) is 0 Å². The predicted molar refractivity (Wildman–Crippen MR) is 64.3 cm³/mol. The molecule has 2 rings (SSSR count). The van der Waals surface area contributed by atoms with Crippen LogP contribution in [0.3, 0.4) is 0 Å². The average molecular weight is 220 g/mol. The number of aryl methyl sites for hydroxylation is 1. The third kappa shape index (κ3) is 2.63. The molecule has 0 spiro atoms. The summed E-state index contributed by atoms with van der Waals surface area (Å²) in [7, 11) is 0. The fourth-order valence-corrected chi connectivity index (χ4v) is 2.14. The largest absolute Gasteiger partial charge is 0.345 e. The minimum Gasteiger partial charge on any atom is -0.345 e. The van der Waals surface area contributed by atoms with Gasteiger partial charge < -0.3 is 9.47 Å². The van der Waals surface area contributed by atoms with Gasteiger partial charge in [-0.2, -0.15) is 0 Å². The molecule has 2 heteroatoms. The second-order valence-electron chi connectivity index (χ2n) is 4.77. The molecule has 16 heavy (non-hydrogen) atoms. The van der Waals surface area contributed by atoms with E-state index in [4.69, 9.17) is 9.47 Å². The van der Waals surface area contributed by atoms with Gasteiger partial charge in [0.05, 0.1) is 12.2 Å². The molecule has 2 nitrogen and oxygen atoms in total. The molecule has 0 saturated carbocycles. The number of hydrogen-bond donors (Lipinski definition) is 0. The molecule has 1 fully saturated rings. The van der Waals surface area contributed by atoms with Crippen LogP contribution < -0.4 is 0 Å². The van der Waals surface area contributed by atoms with Gasteiger partial charge in [-0.15, -0.1) is 0 Å². The normalized spacial score (nSPS) is 28.2. The van der Waals surface area contributed by atoms with E-state index in [2.05, 4.69) is 38.1 Å². The average Bonchev–Trinajstić information content (AvgIpc) is 2.53. The Labute approximate surface area is 97.6 Å². The Hall–Kier alpha value is -0.860. The SMILES string of the molecule is C[C@H]1OC(C)(CCc2ccccc2)O[C@@H]1C. The number of rotatable bonds is 3. The zero-order valence-electron chi connectivity index (χ0n) is 10.3. The minimum atomic E-state index is -0.408. The van der Waals surface area contributed by atoms with Crippen LogP contribution in [0.15, 0.2) is 30.3 Å². The van der Waals surface area contributed by atoms with Gasteiger partial charge in [0.1, 0.15) is 0 Å². The summed E-state index contributed by atoms with van der Waals surface area (Å²) >= 11 is 0. The van der Waals surface area contributed by atoms with Crippen molar-refractivity contribution >= 4 is 0 Å². The van der Waals surface area contributed by atoms with Gasteiger partial charge in [0.15, 0.2) is 5.79 Å². The van der Waals surface area contributed by atoms with Crippen molar-refractivity contribution in [3.05, 3.63) is 35.9 Å². The van der Waals surface area contributed by atoms with Gasteiger partial charge in [0, 0.05) is 6.42 Å². The van der Waals surface area contributed by atoms with Gasteiger partial charge in [-0.25, -0.2) is 0 Å². The van der Waals surface area contributed by atoms with Gasteiger partial charge in [-0.05, 0) is 32.8 Å². The number of benzene rings is 1. The lowest BCUT2D eigenvalue weighted by molar-refractivity contribution is -0.162. The van der Waals surface area contributed by atoms with Crippen molar-refractivity contribution in [1.29, 1.82) is 0 Å². The maximum absolute atomic E-state index is 5.86. The molecule has 0 N–H and O–H groups in total. The van der Waals surface area contributed by atoms with Crippen LogP contribution in [0, 0.1) is 0 Å². The maximum Gasteiger partial charge on any atom is 0.166 e. The second-order valence-corrected chi connectivity index (χ2v) is 4.77. The highest BCUT2D eigenvalue weighted by molar-refractivity contribution is 5.14. The summed E-state index contributed by atoms with van der Waals surface area (Å²) in [4.78, 5) is 0. The van der Waals surface area contributed by atoms with Crippen molar-refractivity contribution in [3.63, 3.8) is 0 Å². The third-order valence-corrected chi connectivity index (χ3v) is 3.24. The second kappa shape index (κ2) is 4.56. The van der Waals surface area contributed by atoms with Crippen LogP contribution >= 0.6 is 0 Å². The molecule has 0 radical (unpaired) electrons. The summed E-state index contributed by atoms with van der Waals surface area (Å²) in [5.41, 5.74) is 1.34. The van der Waals surface area contributed by atoms with Crippen LogP contribution in [0.1, 0.15) is 32.8 Å². The molecular formula is C14H20O2. The molecule has 0 aromatic heterocycles. The molecule has 1 aromatic carbocycles. The lowest BCUT2D eigenvalue weighted by Crippen LogP contribution is -2.27. The van der Waals surface area contributed by atoms with Crippen molar-refractivity contribution in [2.24, 2.45) is 0 Å². The summed E-state index contributed by atoms with van der Waals surface area (Å²) in [6.07, 6.45) is 2.30. The molecule has 0 amide bonds. The molecule has 1 aromatic rings. The highest BCUT2D eigenvalue weighted by atomic mass is 16.7. The molecule has 1 aliphatic rings. The topological polar surface area (TPSA) is 18.5 Å².